The van der Waals surface area contributed by atoms with Gasteiger partial charge in [-0.3, -0.25) is 4.68 Å². The van der Waals surface area contributed by atoms with E-state index in [9.17, 15) is 0 Å². The van der Waals surface area contributed by atoms with Crippen molar-refractivity contribution in [2.45, 2.75) is 58.0 Å². The maximum absolute atomic E-state index is 6.75. The predicted molar refractivity (Wildman–Crippen MR) is 85.0 cm³/mol. The van der Waals surface area contributed by atoms with Crippen LogP contribution in [0.15, 0.2) is 6.20 Å². The summed E-state index contributed by atoms with van der Waals surface area (Å²) in [6.45, 7) is 3.09. The zero-order valence-corrected chi connectivity index (χ0v) is 13.6. The molecule has 4 saturated carbocycles. The van der Waals surface area contributed by atoms with Crippen molar-refractivity contribution in [1.82, 2.24) is 9.78 Å². The molecule has 0 aliphatic heterocycles. The third-order valence-electron chi connectivity index (χ3n) is 6.30. The average Bonchev–Trinajstić information content (AvgIpc) is 2.79. The number of rotatable bonds is 4. The Morgan fingerprint density at radius 2 is 1.86 bits per heavy atom. The Labute approximate surface area is 132 Å². The smallest absolute Gasteiger partial charge is 0.0834 e. The Morgan fingerprint density at radius 3 is 2.43 bits per heavy atom. The number of hydrogen-bond donors (Lipinski definition) is 1. The van der Waals surface area contributed by atoms with Crippen LogP contribution < -0.4 is 5.73 Å². The lowest BCUT2D eigenvalue weighted by Crippen LogP contribution is -2.49. The lowest BCUT2D eigenvalue weighted by Gasteiger charge is -2.56. The Kier molecular flexibility index (Phi) is 3.54. The predicted octanol–water partition coefficient (Wildman–Crippen LogP) is 4.02. The fourth-order valence-electron chi connectivity index (χ4n) is 5.83. The minimum Gasteiger partial charge on any atom is -0.322 e. The quantitative estimate of drug-likeness (QED) is 0.913. The molecular formula is C17H26ClN3. The molecular weight excluding hydrogens is 282 g/mol. The zero-order chi connectivity index (χ0) is 14.6. The molecule has 1 unspecified atom stereocenters. The van der Waals surface area contributed by atoms with Crippen LogP contribution in [0.2, 0.25) is 5.02 Å². The van der Waals surface area contributed by atoms with Crippen LogP contribution in [0.3, 0.4) is 0 Å². The van der Waals surface area contributed by atoms with Crippen LogP contribution in [-0.4, -0.2) is 9.78 Å². The molecule has 0 spiro atoms. The van der Waals surface area contributed by atoms with Gasteiger partial charge in [0.05, 0.1) is 23.0 Å². The highest BCUT2D eigenvalue weighted by atomic mass is 35.5. The van der Waals surface area contributed by atoms with E-state index in [4.69, 9.17) is 17.3 Å². The van der Waals surface area contributed by atoms with Crippen molar-refractivity contribution in [2.75, 3.05) is 0 Å². The van der Waals surface area contributed by atoms with Crippen molar-refractivity contribution in [3.8, 4) is 0 Å². The van der Waals surface area contributed by atoms with Gasteiger partial charge in [0.25, 0.3) is 0 Å². The summed E-state index contributed by atoms with van der Waals surface area (Å²) in [7, 11) is 0. The standard InChI is InChI=1S/C17H26ClN3/c1-2-3-21-17(14(18)9-20-21)16(19)15-12-5-10-4-11(7-12)8-13(15)6-10/h9-13,15-16H,2-8,19H2,1H3. The molecule has 0 radical (unpaired) electrons. The summed E-state index contributed by atoms with van der Waals surface area (Å²) in [6, 6.07) is 0.0709. The molecule has 0 saturated heterocycles. The maximum atomic E-state index is 6.75. The van der Waals surface area contributed by atoms with Gasteiger partial charge in [-0.05, 0) is 68.1 Å². The summed E-state index contributed by atoms with van der Waals surface area (Å²) >= 11 is 6.43. The van der Waals surface area contributed by atoms with Crippen molar-refractivity contribution >= 4 is 11.6 Å². The Bertz CT molecular complexity index is 496. The summed E-state index contributed by atoms with van der Waals surface area (Å²) in [5.74, 6) is 4.27. The molecule has 4 heteroatoms. The molecule has 4 fully saturated rings. The number of aromatic nitrogens is 2. The fraction of sp³-hybridized carbons (Fsp3) is 0.824. The van der Waals surface area contributed by atoms with Gasteiger partial charge in [0.2, 0.25) is 0 Å². The average molecular weight is 308 g/mol. The van der Waals surface area contributed by atoms with Gasteiger partial charge in [-0.1, -0.05) is 18.5 Å². The third kappa shape index (κ3) is 2.24. The SMILES string of the molecule is CCCn1ncc(Cl)c1C(N)C1C2CC3CC(C2)CC1C3. The van der Waals surface area contributed by atoms with Crippen LogP contribution in [0.4, 0.5) is 0 Å². The molecule has 1 aromatic rings. The van der Waals surface area contributed by atoms with Gasteiger partial charge in [-0.25, -0.2) is 0 Å². The second-order valence-electron chi connectivity index (χ2n) is 7.63. The summed E-state index contributed by atoms with van der Waals surface area (Å²) in [6.07, 6.45) is 9.97. The van der Waals surface area contributed by atoms with E-state index in [1.54, 1.807) is 6.20 Å². The normalized spacial score (nSPS) is 38.9. The Hall–Kier alpha value is -0.540. The van der Waals surface area contributed by atoms with E-state index < -0.39 is 0 Å². The highest BCUT2D eigenvalue weighted by Gasteiger charge is 2.50. The van der Waals surface area contributed by atoms with Crippen molar-refractivity contribution in [3.63, 3.8) is 0 Å². The maximum Gasteiger partial charge on any atom is 0.0834 e. The summed E-state index contributed by atoms with van der Waals surface area (Å²) in [5, 5.41) is 5.21. The molecule has 2 N–H and O–H groups in total. The monoisotopic (exact) mass is 307 g/mol. The molecule has 5 rings (SSSR count). The Morgan fingerprint density at radius 1 is 1.24 bits per heavy atom. The van der Waals surface area contributed by atoms with Gasteiger partial charge in [0.1, 0.15) is 0 Å². The van der Waals surface area contributed by atoms with Crippen LogP contribution in [0.1, 0.15) is 57.2 Å². The van der Waals surface area contributed by atoms with Crippen LogP contribution in [0, 0.1) is 29.6 Å². The van der Waals surface area contributed by atoms with Crippen LogP contribution in [-0.2, 0) is 6.54 Å². The molecule has 4 aliphatic carbocycles. The fourth-order valence-corrected chi connectivity index (χ4v) is 6.10. The van der Waals surface area contributed by atoms with Crippen molar-refractivity contribution in [3.05, 3.63) is 16.9 Å². The first-order valence-electron chi connectivity index (χ1n) is 8.64. The van der Waals surface area contributed by atoms with Crippen LogP contribution >= 0.6 is 11.6 Å². The van der Waals surface area contributed by atoms with Gasteiger partial charge in [0.15, 0.2) is 0 Å². The summed E-state index contributed by atoms with van der Waals surface area (Å²) in [5.41, 5.74) is 7.84. The van der Waals surface area contributed by atoms with Gasteiger partial charge in [-0.2, -0.15) is 5.10 Å². The van der Waals surface area contributed by atoms with Crippen molar-refractivity contribution in [2.24, 2.45) is 35.3 Å². The van der Waals surface area contributed by atoms with E-state index >= 15 is 0 Å². The van der Waals surface area contributed by atoms with E-state index in [-0.39, 0.29) is 6.04 Å². The minimum absolute atomic E-state index is 0.0709. The first-order valence-corrected chi connectivity index (χ1v) is 9.02. The molecule has 4 aliphatic rings. The van der Waals surface area contributed by atoms with Crippen molar-refractivity contribution < 1.29 is 0 Å². The number of halogens is 1. The molecule has 116 valence electrons. The van der Waals surface area contributed by atoms with Gasteiger partial charge < -0.3 is 5.73 Å². The molecule has 3 nitrogen and oxygen atoms in total. The number of nitrogens with two attached hydrogens (primary N) is 1. The van der Waals surface area contributed by atoms with E-state index in [0.29, 0.717) is 5.92 Å². The first-order chi connectivity index (χ1) is 10.2. The number of nitrogens with zero attached hydrogens (tertiary/aromatic N) is 2. The van der Waals surface area contributed by atoms with Crippen LogP contribution in [0.5, 0.6) is 0 Å². The minimum atomic E-state index is 0.0709. The first kappa shape index (κ1) is 14.1. The molecule has 4 bridgehead atoms. The molecule has 1 aromatic heterocycles. The number of aryl methyl sites for hydroxylation is 1. The third-order valence-corrected chi connectivity index (χ3v) is 6.59. The highest BCUT2D eigenvalue weighted by Crippen LogP contribution is 2.59. The summed E-state index contributed by atoms with van der Waals surface area (Å²) in [4.78, 5) is 0. The number of hydrogen-bond acceptors (Lipinski definition) is 2. The summed E-state index contributed by atoms with van der Waals surface area (Å²) < 4.78 is 2.05. The highest BCUT2D eigenvalue weighted by molar-refractivity contribution is 6.31. The van der Waals surface area contributed by atoms with Crippen LogP contribution in [0.25, 0.3) is 0 Å². The van der Waals surface area contributed by atoms with E-state index in [1.165, 1.54) is 32.1 Å². The molecule has 0 aromatic carbocycles. The van der Waals surface area contributed by atoms with E-state index in [1.807, 2.05) is 0 Å². The molecule has 1 heterocycles. The molecule has 21 heavy (non-hydrogen) atoms. The van der Waals surface area contributed by atoms with E-state index in [0.717, 1.165) is 47.4 Å². The van der Waals surface area contributed by atoms with E-state index in [2.05, 4.69) is 16.7 Å². The van der Waals surface area contributed by atoms with Crippen molar-refractivity contribution in [1.29, 1.82) is 0 Å². The lowest BCUT2D eigenvalue weighted by atomic mass is 9.50. The topological polar surface area (TPSA) is 43.8 Å². The molecule has 0 amide bonds. The van der Waals surface area contributed by atoms with Gasteiger partial charge >= 0.3 is 0 Å². The largest absolute Gasteiger partial charge is 0.322 e. The second-order valence-corrected chi connectivity index (χ2v) is 8.04. The molecule has 1 atom stereocenters. The zero-order valence-electron chi connectivity index (χ0n) is 12.8. The van der Waals surface area contributed by atoms with Gasteiger partial charge in [0, 0.05) is 6.54 Å². The van der Waals surface area contributed by atoms with Gasteiger partial charge in [-0.15, -0.1) is 0 Å². The Balaban J connectivity index is 1.63. The lowest BCUT2D eigenvalue weighted by molar-refractivity contribution is -0.0481. The second kappa shape index (κ2) is 5.27.